The molecule has 7 heteroatoms. The first-order valence-corrected chi connectivity index (χ1v) is 8.42. The summed E-state index contributed by atoms with van der Waals surface area (Å²) < 4.78 is 0. The van der Waals surface area contributed by atoms with E-state index >= 15 is 0 Å². The van der Waals surface area contributed by atoms with Crippen LogP contribution in [0.1, 0.15) is 10.5 Å². The summed E-state index contributed by atoms with van der Waals surface area (Å²) >= 11 is 7.48. The smallest absolute Gasteiger partial charge is 0.273 e. The zero-order chi connectivity index (χ0) is 16.5. The molecule has 0 fully saturated rings. The van der Waals surface area contributed by atoms with Gasteiger partial charge in [0.1, 0.15) is 11.4 Å². The maximum Gasteiger partial charge on any atom is 0.273 e. The second-order valence-corrected chi connectivity index (χ2v) is 6.36. The van der Waals surface area contributed by atoms with Crippen LogP contribution in [-0.2, 0) is 0 Å². The molecule has 0 aliphatic rings. The van der Waals surface area contributed by atoms with Crippen LogP contribution in [0.5, 0.6) is 0 Å². The molecular formula is C17H11ClN4OS. The number of hydrogen-bond acceptors (Lipinski definition) is 4. The quantitative estimate of drug-likeness (QED) is 0.565. The summed E-state index contributed by atoms with van der Waals surface area (Å²) in [5, 5.41) is 6.65. The summed E-state index contributed by atoms with van der Waals surface area (Å²) in [7, 11) is 0. The number of para-hydroxylation sites is 1. The number of carbonyl (C=O) groups is 1. The number of nitrogens with zero attached hydrogens (tertiary/aromatic N) is 2. The Bertz CT molecular complexity index is 1030. The Morgan fingerprint density at radius 1 is 1.17 bits per heavy atom. The number of anilines is 1. The molecule has 0 saturated carbocycles. The van der Waals surface area contributed by atoms with Gasteiger partial charge in [0.25, 0.3) is 5.91 Å². The number of amides is 1. The van der Waals surface area contributed by atoms with Crippen LogP contribution >= 0.6 is 22.9 Å². The van der Waals surface area contributed by atoms with E-state index in [0.29, 0.717) is 15.8 Å². The Morgan fingerprint density at radius 3 is 2.88 bits per heavy atom. The number of H-pyrrole nitrogens is 1. The van der Waals surface area contributed by atoms with Gasteiger partial charge in [-0.05, 0) is 24.3 Å². The third kappa shape index (κ3) is 2.77. The number of hydrogen-bond donors (Lipinski definition) is 2. The second kappa shape index (κ2) is 6.07. The lowest BCUT2D eigenvalue weighted by Gasteiger charge is -1.98. The van der Waals surface area contributed by atoms with Crippen molar-refractivity contribution in [1.29, 1.82) is 0 Å². The van der Waals surface area contributed by atoms with Crippen molar-refractivity contribution in [3.8, 4) is 11.4 Å². The average Bonchev–Trinajstić information content (AvgIpc) is 3.23. The van der Waals surface area contributed by atoms with Gasteiger partial charge in [0.15, 0.2) is 5.13 Å². The minimum absolute atomic E-state index is 0.260. The van der Waals surface area contributed by atoms with Crippen LogP contribution < -0.4 is 5.32 Å². The molecule has 1 aromatic carbocycles. The monoisotopic (exact) mass is 354 g/mol. The van der Waals surface area contributed by atoms with E-state index in [1.165, 1.54) is 11.3 Å². The van der Waals surface area contributed by atoms with Crippen LogP contribution in [0.3, 0.4) is 0 Å². The van der Waals surface area contributed by atoms with Gasteiger partial charge in [0.2, 0.25) is 0 Å². The van der Waals surface area contributed by atoms with Gasteiger partial charge in [-0.15, -0.1) is 11.3 Å². The number of benzene rings is 1. The molecule has 0 saturated heterocycles. The van der Waals surface area contributed by atoms with Crippen LogP contribution in [-0.4, -0.2) is 20.9 Å². The number of aromatic nitrogens is 3. The Balaban J connectivity index is 1.57. The lowest BCUT2D eigenvalue weighted by molar-refractivity contribution is 0.102. The van der Waals surface area contributed by atoms with E-state index in [-0.39, 0.29) is 5.91 Å². The molecule has 0 bridgehead atoms. The summed E-state index contributed by atoms with van der Waals surface area (Å²) in [6.45, 7) is 0. The molecule has 4 rings (SSSR count). The number of pyridine rings is 1. The summed E-state index contributed by atoms with van der Waals surface area (Å²) in [5.41, 5.74) is 2.69. The Hall–Kier alpha value is -2.70. The maximum absolute atomic E-state index is 12.4. The highest BCUT2D eigenvalue weighted by Crippen LogP contribution is 2.26. The average molecular weight is 355 g/mol. The zero-order valence-corrected chi connectivity index (χ0v) is 13.9. The summed E-state index contributed by atoms with van der Waals surface area (Å²) in [4.78, 5) is 24.1. The fourth-order valence-corrected chi connectivity index (χ4v) is 3.30. The van der Waals surface area contributed by atoms with Crippen LogP contribution in [0, 0.1) is 0 Å². The van der Waals surface area contributed by atoms with Crippen molar-refractivity contribution >= 4 is 44.9 Å². The van der Waals surface area contributed by atoms with E-state index in [0.717, 1.165) is 22.3 Å². The number of carbonyl (C=O) groups excluding carboxylic acids is 1. The van der Waals surface area contributed by atoms with Crippen molar-refractivity contribution in [2.24, 2.45) is 0 Å². The summed E-state index contributed by atoms with van der Waals surface area (Å²) in [5.74, 6) is -0.260. The van der Waals surface area contributed by atoms with Gasteiger partial charge >= 0.3 is 0 Å². The molecule has 0 aliphatic heterocycles. The first-order chi connectivity index (χ1) is 11.7. The van der Waals surface area contributed by atoms with E-state index in [9.17, 15) is 4.79 Å². The minimum atomic E-state index is -0.260. The highest BCUT2D eigenvalue weighted by atomic mass is 35.5. The topological polar surface area (TPSA) is 70.7 Å². The molecule has 2 N–H and O–H groups in total. The van der Waals surface area contributed by atoms with Crippen LogP contribution in [0.2, 0.25) is 5.02 Å². The molecule has 3 heterocycles. The number of nitrogens with one attached hydrogen (secondary N) is 2. The van der Waals surface area contributed by atoms with Gasteiger partial charge in [0.05, 0.1) is 16.2 Å². The van der Waals surface area contributed by atoms with Crippen molar-refractivity contribution in [2.75, 3.05) is 5.32 Å². The maximum atomic E-state index is 12.4. The van der Waals surface area contributed by atoms with E-state index < -0.39 is 0 Å². The Morgan fingerprint density at radius 2 is 2.08 bits per heavy atom. The van der Waals surface area contributed by atoms with Crippen molar-refractivity contribution in [3.63, 3.8) is 0 Å². The largest absolute Gasteiger partial charge is 0.349 e. The standard InChI is InChI=1S/C17H11ClN4OS/c18-11-5-3-4-10-8-13(20-15(10)11)16(23)22-17-21-14(9-24-17)12-6-1-2-7-19-12/h1-9,20H,(H,21,22,23). The number of thiazole rings is 1. The fraction of sp³-hybridized carbons (Fsp3) is 0. The van der Waals surface area contributed by atoms with E-state index in [1.54, 1.807) is 18.3 Å². The fourth-order valence-electron chi connectivity index (χ4n) is 2.37. The van der Waals surface area contributed by atoms with Gasteiger partial charge in [-0.25, -0.2) is 4.98 Å². The van der Waals surface area contributed by atoms with Crippen molar-refractivity contribution in [3.05, 3.63) is 64.8 Å². The normalized spacial score (nSPS) is 10.9. The third-order valence-electron chi connectivity index (χ3n) is 3.50. The Labute approximate surface area is 146 Å². The van der Waals surface area contributed by atoms with Gasteiger partial charge in [0, 0.05) is 17.0 Å². The third-order valence-corrected chi connectivity index (χ3v) is 4.57. The summed E-state index contributed by atoms with van der Waals surface area (Å²) in [6.07, 6.45) is 1.71. The van der Waals surface area contributed by atoms with Crippen LogP contribution in [0.4, 0.5) is 5.13 Å². The first-order valence-electron chi connectivity index (χ1n) is 7.16. The SMILES string of the molecule is O=C(Nc1nc(-c2ccccn2)cs1)c1cc2cccc(Cl)c2[nH]1. The minimum Gasteiger partial charge on any atom is -0.349 e. The van der Waals surface area contributed by atoms with Gasteiger partial charge < -0.3 is 4.98 Å². The molecule has 1 amide bonds. The number of aromatic amines is 1. The molecule has 0 aliphatic carbocycles. The zero-order valence-electron chi connectivity index (χ0n) is 12.3. The molecule has 0 spiro atoms. The molecule has 118 valence electrons. The van der Waals surface area contributed by atoms with E-state index in [1.807, 2.05) is 35.7 Å². The van der Waals surface area contributed by atoms with Gasteiger partial charge in [-0.2, -0.15) is 0 Å². The van der Waals surface area contributed by atoms with Crippen molar-refractivity contribution in [1.82, 2.24) is 15.0 Å². The lowest BCUT2D eigenvalue weighted by atomic mass is 10.2. The van der Waals surface area contributed by atoms with Crippen molar-refractivity contribution < 1.29 is 4.79 Å². The predicted octanol–water partition coefficient (Wildman–Crippen LogP) is 4.59. The number of rotatable bonds is 3. The highest BCUT2D eigenvalue weighted by molar-refractivity contribution is 7.14. The Kier molecular flexibility index (Phi) is 3.76. The summed E-state index contributed by atoms with van der Waals surface area (Å²) in [6, 6.07) is 12.9. The lowest BCUT2D eigenvalue weighted by Crippen LogP contribution is -2.11. The van der Waals surface area contributed by atoms with Gasteiger partial charge in [-0.3, -0.25) is 15.1 Å². The number of fused-ring (bicyclic) bond motifs is 1. The molecular weight excluding hydrogens is 344 g/mol. The van der Waals surface area contributed by atoms with E-state index in [2.05, 4.69) is 20.3 Å². The molecule has 0 radical (unpaired) electrons. The molecule has 24 heavy (non-hydrogen) atoms. The number of halogens is 1. The van der Waals surface area contributed by atoms with E-state index in [4.69, 9.17) is 11.6 Å². The van der Waals surface area contributed by atoms with Crippen LogP contribution in [0.25, 0.3) is 22.3 Å². The molecule has 0 atom stereocenters. The molecule has 4 aromatic rings. The molecule has 5 nitrogen and oxygen atoms in total. The predicted molar refractivity (Wildman–Crippen MR) is 96.6 cm³/mol. The van der Waals surface area contributed by atoms with Gasteiger partial charge in [-0.1, -0.05) is 29.8 Å². The van der Waals surface area contributed by atoms with Crippen LogP contribution in [0.15, 0.2) is 54.0 Å². The van der Waals surface area contributed by atoms with Crippen molar-refractivity contribution in [2.45, 2.75) is 0 Å². The first kappa shape index (κ1) is 14.9. The second-order valence-electron chi connectivity index (χ2n) is 5.09. The molecule has 3 aromatic heterocycles. The molecule has 0 unspecified atom stereocenters. The highest BCUT2D eigenvalue weighted by Gasteiger charge is 2.13.